The van der Waals surface area contributed by atoms with Gasteiger partial charge in [0.2, 0.25) is 0 Å². The van der Waals surface area contributed by atoms with Crippen LogP contribution in [0.15, 0.2) is 62.8 Å². The Morgan fingerprint density at radius 3 is 2.77 bits per heavy atom. The maximum atomic E-state index is 12.8. The lowest BCUT2D eigenvalue weighted by atomic mass is 10.1. The molecule has 3 aromatic rings. The number of thiazole rings is 1. The second-order valence-corrected chi connectivity index (χ2v) is 8.11. The molecule has 132 valence electrons. The molecule has 0 unspecified atom stereocenters. The Hall–Kier alpha value is -2.18. The van der Waals surface area contributed by atoms with Crippen molar-refractivity contribution in [1.82, 2.24) is 4.57 Å². The summed E-state index contributed by atoms with van der Waals surface area (Å²) in [5.41, 5.74) is 3.42. The van der Waals surface area contributed by atoms with Crippen molar-refractivity contribution in [2.24, 2.45) is 4.99 Å². The fourth-order valence-corrected chi connectivity index (χ4v) is 4.34. The fourth-order valence-electron chi connectivity index (χ4n) is 2.97. The Morgan fingerprint density at radius 2 is 2.04 bits per heavy atom. The molecule has 0 radical (unpaired) electrons. The van der Waals surface area contributed by atoms with Gasteiger partial charge in [0.1, 0.15) is 13.3 Å². The summed E-state index contributed by atoms with van der Waals surface area (Å²) in [4.78, 5) is 20.3. The Morgan fingerprint density at radius 1 is 1.23 bits per heavy atom. The number of fused-ring (bicyclic) bond motifs is 1. The Balaban J connectivity index is 1.68. The molecule has 0 saturated carbocycles. The number of nitrogens with zero attached hydrogens (tertiary/aromatic N) is 3. The standard InChI is InChI=1S/C20H18BrN3OS/c1-2-14-6-8-17(9-7-14)23-12-22-20-24(13-23)19(25)18(26-20)11-15-4-3-5-16(21)10-15/h3-11H,2,12-13H2,1H3. The molecule has 1 aromatic heterocycles. The van der Waals surface area contributed by atoms with Crippen LogP contribution in [-0.4, -0.2) is 11.2 Å². The number of aromatic nitrogens is 1. The molecule has 0 N–H and O–H groups in total. The third kappa shape index (κ3) is 3.39. The van der Waals surface area contributed by atoms with Gasteiger partial charge in [-0.3, -0.25) is 9.36 Å². The first-order valence-corrected chi connectivity index (χ1v) is 10.1. The molecule has 0 aliphatic carbocycles. The molecule has 0 saturated heterocycles. The first-order chi connectivity index (χ1) is 12.6. The number of hydrogen-bond acceptors (Lipinski definition) is 4. The minimum Gasteiger partial charge on any atom is -0.334 e. The van der Waals surface area contributed by atoms with Gasteiger partial charge >= 0.3 is 0 Å². The lowest BCUT2D eigenvalue weighted by molar-refractivity contribution is 0.569. The smallest absolute Gasteiger partial charge is 0.271 e. The lowest BCUT2D eigenvalue weighted by Crippen LogP contribution is -2.42. The van der Waals surface area contributed by atoms with Crippen LogP contribution in [0, 0.1) is 0 Å². The van der Waals surface area contributed by atoms with Gasteiger partial charge in [0.05, 0.1) is 4.53 Å². The zero-order valence-electron chi connectivity index (χ0n) is 14.4. The number of hydrogen-bond donors (Lipinski definition) is 0. The van der Waals surface area contributed by atoms with Crippen molar-refractivity contribution in [3.8, 4) is 0 Å². The van der Waals surface area contributed by atoms with E-state index in [9.17, 15) is 4.79 Å². The van der Waals surface area contributed by atoms with E-state index in [1.165, 1.54) is 16.9 Å². The molecule has 1 aliphatic rings. The summed E-state index contributed by atoms with van der Waals surface area (Å²) in [6, 6.07) is 16.4. The number of halogens is 1. The summed E-state index contributed by atoms with van der Waals surface area (Å²) in [5, 5.41) is 0. The van der Waals surface area contributed by atoms with Crippen molar-refractivity contribution < 1.29 is 0 Å². The Kier molecular flexibility index (Phi) is 4.78. The van der Waals surface area contributed by atoms with E-state index in [0.29, 0.717) is 17.9 Å². The normalized spacial score (nSPS) is 14.2. The molecule has 2 aromatic carbocycles. The average Bonchev–Trinajstić information content (AvgIpc) is 2.97. The predicted molar refractivity (Wildman–Crippen MR) is 110 cm³/mol. The molecule has 0 amide bonds. The van der Waals surface area contributed by atoms with Gasteiger partial charge in [0.25, 0.3) is 5.56 Å². The number of anilines is 1. The highest BCUT2D eigenvalue weighted by Gasteiger charge is 2.15. The second-order valence-electron chi connectivity index (χ2n) is 6.18. The molecular formula is C20H18BrN3OS. The van der Waals surface area contributed by atoms with Crippen molar-refractivity contribution in [3.05, 3.63) is 83.8 Å². The lowest BCUT2D eigenvalue weighted by Gasteiger charge is -2.25. The van der Waals surface area contributed by atoms with E-state index in [2.05, 4.69) is 57.0 Å². The summed E-state index contributed by atoms with van der Waals surface area (Å²) < 4.78 is 3.47. The molecule has 2 heterocycles. The van der Waals surface area contributed by atoms with Crippen LogP contribution in [0.2, 0.25) is 0 Å². The van der Waals surface area contributed by atoms with Gasteiger partial charge in [0.15, 0.2) is 4.80 Å². The van der Waals surface area contributed by atoms with Crippen LogP contribution >= 0.6 is 27.3 Å². The van der Waals surface area contributed by atoms with Crippen LogP contribution in [0.3, 0.4) is 0 Å². The minimum absolute atomic E-state index is 0.0172. The van der Waals surface area contributed by atoms with Crippen LogP contribution in [0.25, 0.3) is 6.08 Å². The average molecular weight is 428 g/mol. The van der Waals surface area contributed by atoms with Crippen molar-refractivity contribution in [3.63, 3.8) is 0 Å². The molecule has 4 nitrogen and oxygen atoms in total. The van der Waals surface area contributed by atoms with E-state index < -0.39 is 0 Å². The zero-order chi connectivity index (χ0) is 18.1. The Labute approximate surface area is 163 Å². The van der Waals surface area contributed by atoms with E-state index in [4.69, 9.17) is 0 Å². The largest absolute Gasteiger partial charge is 0.334 e. The third-order valence-electron chi connectivity index (χ3n) is 4.43. The second kappa shape index (κ2) is 7.21. The number of benzene rings is 2. The van der Waals surface area contributed by atoms with Gasteiger partial charge in [-0.1, -0.05) is 58.5 Å². The SMILES string of the molecule is CCc1ccc(N2CN=c3sc(=Cc4cccc(Br)c4)c(=O)n3C2)cc1. The predicted octanol–water partition coefficient (Wildman–Crippen LogP) is 3.12. The summed E-state index contributed by atoms with van der Waals surface area (Å²) in [6.07, 6.45) is 2.95. The van der Waals surface area contributed by atoms with Gasteiger partial charge in [0, 0.05) is 10.2 Å². The topological polar surface area (TPSA) is 37.6 Å². The van der Waals surface area contributed by atoms with Gasteiger partial charge < -0.3 is 4.90 Å². The summed E-state index contributed by atoms with van der Waals surface area (Å²) >= 11 is 4.92. The fraction of sp³-hybridized carbons (Fsp3) is 0.200. The van der Waals surface area contributed by atoms with Gasteiger partial charge in [-0.2, -0.15) is 0 Å². The number of rotatable bonds is 3. The summed E-state index contributed by atoms with van der Waals surface area (Å²) in [6.45, 7) is 3.25. The zero-order valence-corrected chi connectivity index (χ0v) is 16.8. The molecule has 0 atom stereocenters. The molecular weight excluding hydrogens is 410 g/mol. The quantitative estimate of drug-likeness (QED) is 0.643. The van der Waals surface area contributed by atoms with E-state index in [1.807, 2.05) is 30.3 Å². The van der Waals surface area contributed by atoms with Crippen LogP contribution < -0.4 is 19.8 Å². The van der Waals surface area contributed by atoms with Crippen molar-refractivity contribution in [2.45, 2.75) is 20.0 Å². The maximum absolute atomic E-state index is 12.8. The van der Waals surface area contributed by atoms with E-state index in [1.54, 1.807) is 4.57 Å². The molecule has 0 fully saturated rings. The first-order valence-electron chi connectivity index (χ1n) is 8.49. The monoisotopic (exact) mass is 427 g/mol. The van der Waals surface area contributed by atoms with Crippen LogP contribution in [-0.2, 0) is 13.1 Å². The Bertz CT molecular complexity index is 1120. The third-order valence-corrected chi connectivity index (χ3v) is 5.97. The first kappa shape index (κ1) is 17.2. The molecule has 1 aliphatic heterocycles. The van der Waals surface area contributed by atoms with Crippen LogP contribution in [0.5, 0.6) is 0 Å². The van der Waals surface area contributed by atoms with E-state index in [0.717, 1.165) is 26.9 Å². The molecule has 6 heteroatoms. The highest BCUT2D eigenvalue weighted by atomic mass is 79.9. The maximum Gasteiger partial charge on any atom is 0.271 e. The molecule has 4 rings (SSSR count). The van der Waals surface area contributed by atoms with Gasteiger partial charge in [-0.25, -0.2) is 4.99 Å². The minimum atomic E-state index is 0.0172. The summed E-state index contributed by atoms with van der Waals surface area (Å²) in [7, 11) is 0. The highest BCUT2D eigenvalue weighted by Crippen LogP contribution is 2.17. The number of aryl methyl sites for hydroxylation is 1. The van der Waals surface area contributed by atoms with Crippen LogP contribution in [0.4, 0.5) is 5.69 Å². The highest BCUT2D eigenvalue weighted by molar-refractivity contribution is 9.10. The molecule has 0 spiro atoms. The van der Waals surface area contributed by atoms with Crippen molar-refractivity contribution in [1.29, 1.82) is 0 Å². The molecule has 0 bridgehead atoms. The molecule has 26 heavy (non-hydrogen) atoms. The van der Waals surface area contributed by atoms with Gasteiger partial charge in [-0.05, 0) is 47.9 Å². The van der Waals surface area contributed by atoms with E-state index >= 15 is 0 Å². The van der Waals surface area contributed by atoms with Crippen molar-refractivity contribution >= 4 is 39.0 Å². The van der Waals surface area contributed by atoms with Gasteiger partial charge in [-0.15, -0.1) is 0 Å². The van der Waals surface area contributed by atoms with Crippen LogP contribution in [0.1, 0.15) is 18.1 Å². The van der Waals surface area contributed by atoms with Crippen molar-refractivity contribution in [2.75, 3.05) is 11.6 Å². The van der Waals surface area contributed by atoms with E-state index in [-0.39, 0.29) is 5.56 Å². The summed E-state index contributed by atoms with van der Waals surface area (Å²) in [5.74, 6) is 0.